The van der Waals surface area contributed by atoms with Crippen molar-refractivity contribution in [2.75, 3.05) is 5.32 Å². The maximum atomic E-state index is 11.3. The number of benzene rings is 1. The molecule has 0 unspecified atom stereocenters. The minimum atomic E-state index is -0.506. The van der Waals surface area contributed by atoms with Crippen LogP contribution in [0.25, 0.3) is 0 Å². The van der Waals surface area contributed by atoms with E-state index in [0.29, 0.717) is 5.82 Å². The zero-order chi connectivity index (χ0) is 12.3. The summed E-state index contributed by atoms with van der Waals surface area (Å²) >= 11 is 0. The van der Waals surface area contributed by atoms with Crippen molar-refractivity contribution in [2.24, 2.45) is 5.84 Å². The summed E-state index contributed by atoms with van der Waals surface area (Å²) < 4.78 is 0. The molecule has 0 aliphatic heterocycles. The highest BCUT2D eigenvalue weighted by Gasteiger charge is 2.15. The van der Waals surface area contributed by atoms with E-state index in [2.05, 4.69) is 20.7 Å². The van der Waals surface area contributed by atoms with Crippen LogP contribution < -0.4 is 16.6 Å². The number of aryl methyl sites for hydroxylation is 1. The third-order valence-corrected chi connectivity index (χ3v) is 2.21. The predicted molar refractivity (Wildman–Crippen MR) is 62.5 cm³/mol. The first-order chi connectivity index (χ1) is 8.20. The zero-order valence-electron chi connectivity index (χ0n) is 9.19. The Morgan fingerprint density at radius 2 is 2.00 bits per heavy atom. The molecule has 7 heteroatoms. The molecule has 2 rings (SSSR count). The number of nitrogens with two attached hydrogens (primary N) is 1. The van der Waals surface area contributed by atoms with E-state index in [1.54, 1.807) is 0 Å². The molecule has 1 heterocycles. The van der Waals surface area contributed by atoms with E-state index in [0.717, 1.165) is 11.3 Å². The van der Waals surface area contributed by atoms with Crippen LogP contribution in [-0.2, 0) is 0 Å². The number of hydrogen-bond donors (Lipinski definition) is 4. The van der Waals surface area contributed by atoms with Gasteiger partial charge in [-0.25, -0.2) is 5.84 Å². The fourth-order valence-electron chi connectivity index (χ4n) is 1.32. The van der Waals surface area contributed by atoms with Crippen molar-refractivity contribution in [2.45, 2.75) is 6.92 Å². The third-order valence-electron chi connectivity index (χ3n) is 2.21. The van der Waals surface area contributed by atoms with Crippen LogP contribution in [0.15, 0.2) is 24.3 Å². The minimum absolute atomic E-state index is 0.119. The van der Waals surface area contributed by atoms with Gasteiger partial charge in [0.1, 0.15) is 0 Å². The topological polar surface area (TPSA) is 109 Å². The number of hydrazine groups is 1. The Kier molecular flexibility index (Phi) is 3.01. The van der Waals surface area contributed by atoms with E-state index in [9.17, 15) is 4.79 Å². The summed E-state index contributed by atoms with van der Waals surface area (Å²) in [5.74, 6) is 4.86. The van der Waals surface area contributed by atoms with Gasteiger partial charge in [-0.1, -0.05) is 17.7 Å². The smallest absolute Gasteiger partial charge is 0.289 e. The molecule has 0 fully saturated rings. The molecule has 5 N–H and O–H groups in total. The predicted octanol–water partition coefficient (Wildman–Crippen LogP) is 0.460. The summed E-state index contributed by atoms with van der Waals surface area (Å²) in [4.78, 5) is 11.3. The number of nitrogen functional groups attached to an aromatic ring is 1. The van der Waals surface area contributed by atoms with E-state index >= 15 is 0 Å². The van der Waals surface area contributed by atoms with Crippen LogP contribution >= 0.6 is 0 Å². The normalized spacial score (nSPS) is 10.0. The Hall–Kier alpha value is -2.41. The molecule has 0 aliphatic rings. The molecular weight excluding hydrogens is 220 g/mol. The Morgan fingerprint density at radius 3 is 2.65 bits per heavy atom. The van der Waals surface area contributed by atoms with Crippen molar-refractivity contribution in [3.8, 4) is 0 Å². The standard InChI is InChI=1S/C10H12N6O/c1-6-2-4-7(5-3-6)12-9-8(10(17)13-11)14-16-15-9/h2-5H,11H2,1H3,(H,13,17)(H2,12,14,15,16). The quantitative estimate of drug-likeness (QED) is 0.349. The van der Waals surface area contributed by atoms with Gasteiger partial charge in [0, 0.05) is 5.69 Å². The van der Waals surface area contributed by atoms with Crippen LogP contribution in [0.5, 0.6) is 0 Å². The molecule has 88 valence electrons. The largest absolute Gasteiger partial charge is 0.337 e. The molecule has 1 aromatic heterocycles. The van der Waals surface area contributed by atoms with Crippen LogP contribution in [0.1, 0.15) is 16.1 Å². The van der Waals surface area contributed by atoms with Gasteiger partial charge < -0.3 is 5.32 Å². The molecule has 0 saturated heterocycles. The van der Waals surface area contributed by atoms with Crippen molar-refractivity contribution >= 4 is 17.4 Å². The number of aromatic amines is 1. The molecule has 2 aromatic rings. The highest BCUT2D eigenvalue weighted by Crippen LogP contribution is 2.16. The summed E-state index contributed by atoms with van der Waals surface area (Å²) in [6, 6.07) is 7.67. The molecule has 0 bridgehead atoms. The average Bonchev–Trinajstić information content (AvgIpc) is 2.79. The highest BCUT2D eigenvalue weighted by atomic mass is 16.2. The van der Waals surface area contributed by atoms with Gasteiger partial charge in [-0.2, -0.15) is 5.21 Å². The first-order valence-corrected chi connectivity index (χ1v) is 4.96. The van der Waals surface area contributed by atoms with Crippen molar-refractivity contribution in [3.05, 3.63) is 35.5 Å². The lowest BCUT2D eigenvalue weighted by molar-refractivity contribution is 0.0949. The van der Waals surface area contributed by atoms with Crippen molar-refractivity contribution < 1.29 is 4.79 Å². The highest BCUT2D eigenvalue weighted by molar-refractivity contribution is 5.96. The third kappa shape index (κ3) is 2.40. The summed E-state index contributed by atoms with van der Waals surface area (Å²) in [7, 11) is 0. The van der Waals surface area contributed by atoms with Gasteiger partial charge in [0.25, 0.3) is 5.91 Å². The fraction of sp³-hybridized carbons (Fsp3) is 0.100. The lowest BCUT2D eigenvalue weighted by Crippen LogP contribution is -2.30. The van der Waals surface area contributed by atoms with Crippen LogP contribution in [0.2, 0.25) is 0 Å². The van der Waals surface area contributed by atoms with Crippen LogP contribution in [0.3, 0.4) is 0 Å². The summed E-state index contributed by atoms with van der Waals surface area (Å²) in [5, 5.41) is 12.9. The van der Waals surface area contributed by atoms with Gasteiger partial charge in [0.15, 0.2) is 11.5 Å². The lowest BCUT2D eigenvalue weighted by Gasteiger charge is -2.04. The number of aromatic nitrogens is 3. The van der Waals surface area contributed by atoms with E-state index in [1.807, 2.05) is 36.6 Å². The summed E-state index contributed by atoms with van der Waals surface area (Å²) in [6.45, 7) is 1.99. The number of carbonyl (C=O) groups excluding carboxylic acids is 1. The van der Waals surface area contributed by atoms with Gasteiger partial charge in [0.2, 0.25) is 0 Å². The number of anilines is 2. The fourth-order valence-corrected chi connectivity index (χ4v) is 1.32. The Morgan fingerprint density at radius 1 is 1.29 bits per heavy atom. The number of H-pyrrole nitrogens is 1. The monoisotopic (exact) mass is 232 g/mol. The molecule has 1 aromatic carbocycles. The van der Waals surface area contributed by atoms with Crippen LogP contribution in [0, 0.1) is 6.92 Å². The van der Waals surface area contributed by atoms with Crippen LogP contribution in [-0.4, -0.2) is 21.3 Å². The van der Waals surface area contributed by atoms with Crippen molar-refractivity contribution in [1.29, 1.82) is 0 Å². The Labute approximate surface area is 97.4 Å². The van der Waals surface area contributed by atoms with Crippen molar-refractivity contribution in [1.82, 2.24) is 20.8 Å². The number of hydrogen-bond acceptors (Lipinski definition) is 5. The Bertz CT molecular complexity index is 518. The van der Waals surface area contributed by atoms with Crippen LogP contribution in [0.4, 0.5) is 11.5 Å². The lowest BCUT2D eigenvalue weighted by atomic mass is 10.2. The first-order valence-electron chi connectivity index (χ1n) is 4.96. The molecular formula is C10H12N6O. The second-order valence-corrected chi connectivity index (χ2v) is 3.49. The van der Waals surface area contributed by atoms with Gasteiger partial charge in [-0.15, -0.1) is 10.2 Å². The van der Waals surface area contributed by atoms with Gasteiger partial charge >= 0.3 is 0 Å². The number of nitrogens with one attached hydrogen (secondary N) is 3. The maximum absolute atomic E-state index is 11.3. The molecule has 7 nitrogen and oxygen atoms in total. The van der Waals surface area contributed by atoms with Gasteiger partial charge in [-0.3, -0.25) is 10.2 Å². The second-order valence-electron chi connectivity index (χ2n) is 3.49. The zero-order valence-corrected chi connectivity index (χ0v) is 9.19. The van der Waals surface area contributed by atoms with Gasteiger partial charge in [-0.05, 0) is 19.1 Å². The molecule has 1 amide bonds. The Balaban J connectivity index is 2.21. The molecule has 0 atom stereocenters. The second kappa shape index (κ2) is 4.62. The van der Waals surface area contributed by atoms with E-state index < -0.39 is 5.91 Å². The number of nitrogens with zero attached hydrogens (tertiary/aromatic N) is 2. The van der Waals surface area contributed by atoms with E-state index in [-0.39, 0.29) is 5.69 Å². The molecule has 0 aliphatic carbocycles. The first kappa shape index (κ1) is 11.1. The van der Waals surface area contributed by atoms with E-state index in [1.165, 1.54) is 0 Å². The molecule has 0 saturated carbocycles. The summed E-state index contributed by atoms with van der Waals surface area (Å²) in [5.41, 5.74) is 4.08. The summed E-state index contributed by atoms with van der Waals surface area (Å²) in [6.07, 6.45) is 0. The molecule has 0 spiro atoms. The van der Waals surface area contributed by atoms with E-state index in [4.69, 9.17) is 5.84 Å². The SMILES string of the molecule is Cc1ccc(Nc2n[nH]nc2C(=O)NN)cc1. The minimum Gasteiger partial charge on any atom is -0.337 e. The number of amides is 1. The number of carbonyl (C=O) groups is 1. The average molecular weight is 232 g/mol. The number of rotatable bonds is 3. The maximum Gasteiger partial charge on any atom is 0.289 e. The molecule has 17 heavy (non-hydrogen) atoms. The molecule has 0 radical (unpaired) electrons. The van der Waals surface area contributed by atoms with Crippen molar-refractivity contribution in [3.63, 3.8) is 0 Å². The van der Waals surface area contributed by atoms with Gasteiger partial charge in [0.05, 0.1) is 0 Å².